The molecule has 0 saturated heterocycles. The lowest BCUT2D eigenvalue weighted by molar-refractivity contribution is 1.08. The van der Waals surface area contributed by atoms with E-state index in [2.05, 4.69) is 16.3 Å². The van der Waals surface area contributed by atoms with Crippen molar-refractivity contribution in [2.24, 2.45) is 0 Å². The molecule has 1 aromatic heterocycles. The van der Waals surface area contributed by atoms with Gasteiger partial charge < -0.3 is 0 Å². The second-order valence-electron chi connectivity index (χ2n) is 2.01. The maximum absolute atomic E-state index is 3.88. The molecule has 0 saturated carbocycles. The van der Waals surface area contributed by atoms with Crippen molar-refractivity contribution < 1.29 is 0 Å². The van der Waals surface area contributed by atoms with Crippen molar-refractivity contribution in [1.29, 1.82) is 0 Å². The van der Waals surface area contributed by atoms with Gasteiger partial charge in [-0.2, -0.15) is 5.10 Å². The van der Waals surface area contributed by atoms with Crippen LogP contribution in [0.25, 0.3) is 10.9 Å². The number of hydrogen-bond acceptors (Lipinski definition) is 2. The van der Waals surface area contributed by atoms with Gasteiger partial charge in [-0.05, 0) is 6.07 Å². The summed E-state index contributed by atoms with van der Waals surface area (Å²) in [5, 5.41) is 8.69. The van der Waals surface area contributed by atoms with Crippen LogP contribution in [0.5, 0.6) is 0 Å². The van der Waals surface area contributed by atoms with Crippen LogP contribution in [-0.2, 0) is 0 Å². The lowest BCUT2D eigenvalue weighted by Crippen LogP contribution is -1.79. The van der Waals surface area contributed by atoms with Gasteiger partial charge in [0.2, 0.25) is 0 Å². The van der Waals surface area contributed by atoms with Crippen LogP contribution in [0, 0.1) is 6.07 Å². The predicted molar refractivity (Wildman–Crippen MR) is 38.4 cm³/mol. The van der Waals surface area contributed by atoms with Crippen LogP contribution in [-0.4, -0.2) is 10.2 Å². The van der Waals surface area contributed by atoms with Gasteiger partial charge in [-0.25, -0.2) is 0 Å². The Bertz CT molecular complexity index is 278. The summed E-state index contributed by atoms with van der Waals surface area (Å²) in [4.78, 5) is 0. The summed E-state index contributed by atoms with van der Waals surface area (Å²) in [7, 11) is 0. The van der Waals surface area contributed by atoms with E-state index in [4.69, 9.17) is 0 Å². The van der Waals surface area contributed by atoms with E-state index < -0.39 is 0 Å². The first kappa shape index (κ1) is 5.35. The van der Waals surface area contributed by atoms with Gasteiger partial charge in [0, 0.05) is 11.5 Å². The molecule has 2 heteroatoms. The van der Waals surface area contributed by atoms with Crippen LogP contribution in [0.4, 0.5) is 0 Å². The highest BCUT2D eigenvalue weighted by Gasteiger charge is 1.88. The summed E-state index contributed by atoms with van der Waals surface area (Å²) in [5.74, 6) is 0. The normalized spacial score (nSPS) is 10.0. The molecule has 0 aliphatic carbocycles. The Morgan fingerprint density at radius 2 is 2.30 bits per heavy atom. The molecule has 2 rings (SSSR count). The van der Waals surface area contributed by atoms with Crippen LogP contribution >= 0.6 is 0 Å². The van der Waals surface area contributed by atoms with Gasteiger partial charge in [-0.1, -0.05) is 18.2 Å². The van der Waals surface area contributed by atoms with Crippen molar-refractivity contribution >= 4 is 10.9 Å². The van der Waals surface area contributed by atoms with Crippen LogP contribution in [0.1, 0.15) is 0 Å². The van der Waals surface area contributed by atoms with Gasteiger partial charge in [0.05, 0.1) is 6.20 Å². The van der Waals surface area contributed by atoms with Gasteiger partial charge in [-0.3, -0.25) is 0 Å². The highest BCUT2D eigenvalue weighted by atomic mass is 15.1. The Hall–Kier alpha value is -1.44. The molecule has 1 aromatic carbocycles. The van der Waals surface area contributed by atoms with E-state index in [-0.39, 0.29) is 0 Å². The van der Waals surface area contributed by atoms with Crippen molar-refractivity contribution in [3.63, 3.8) is 0 Å². The first-order valence-electron chi connectivity index (χ1n) is 3.05. The fraction of sp³-hybridized carbons (Fsp3) is 0. The molecule has 2 aromatic rings. The Morgan fingerprint density at radius 3 is 3.20 bits per heavy atom. The van der Waals surface area contributed by atoms with Gasteiger partial charge >= 0.3 is 0 Å². The molecule has 0 amide bonds. The number of nitrogens with zero attached hydrogens (tertiary/aromatic N) is 2. The maximum Gasteiger partial charge on any atom is 0.101 e. The van der Waals surface area contributed by atoms with Crippen molar-refractivity contribution in [3.05, 3.63) is 36.5 Å². The molecular weight excluding hydrogens is 124 g/mol. The average molecular weight is 129 g/mol. The van der Waals surface area contributed by atoms with E-state index >= 15 is 0 Å². The zero-order valence-corrected chi connectivity index (χ0v) is 5.28. The van der Waals surface area contributed by atoms with E-state index in [1.165, 1.54) is 0 Å². The van der Waals surface area contributed by atoms with E-state index in [1.54, 1.807) is 6.20 Å². The molecule has 1 radical (unpaired) electrons. The quantitative estimate of drug-likeness (QED) is 0.537. The topological polar surface area (TPSA) is 25.8 Å². The first-order valence-corrected chi connectivity index (χ1v) is 3.05. The van der Waals surface area contributed by atoms with E-state index in [1.807, 2.05) is 24.3 Å². The summed E-state index contributed by atoms with van der Waals surface area (Å²) in [6.45, 7) is 0. The van der Waals surface area contributed by atoms with Gasteiger partial charge in [0.15, 0.2) is 0 Å². The monoisotopic (exact) mass is 129 g/mol. The van der Waals surface area contributed by atoms with E-state index in [0.29, 0.717) is 0 Å². The lowest BCUT2D eigenvalue weighted by Gasteiger charge is -1.89. The average Bonchev–Trinajstić information content (AvgIpc) is 2.05. The molecular formula is C8H5N2. The smallest absolute Gasteiger partial charge is 0.101 e. The minimum atomic E-state index is 0.824. The highest BCUT2D eigenvalue weighted by Crippen LogP contribution is 2.05. The third kappa shape index (κ3) is 0.739. The standard InChI is InChI=1S/C8H5N2/c1-2-4-8-7(3-1)5-6-9-10-8/h1-3,5-6H. The Labute approximate surface area is 58.5 Å². The zero-order chi connectivity index (χ0) is 6.81. The maximum atomic E-state index is 3.88. The van der Waals surface area contributed by atoms with Crippen LogP contribution < -0.4 is 0 Å². The minimum absolute atomic E-state index is 0.824. The number of aromatic nitrogens is 2. The number of hydrogen-bond donors (Lipinski definition) is 0. The molecule has 0 bridgehead atoms. The first-order chi connectivity index (χ1) is 4.97. The molecule has 0 spiro atoms. The highest BCUT2D eigenvalue weighted by molar-refractivity contribution is 5.76. The molecule has 0 N–H and O–H groups in total. The number of rotatable bonds is 0. The van der Waals surface area contributed by atoms with Gasteiger partial charge in [-0.15, -0.1) is 5.10 Å². The summed E-state index contributed by atoms with van der Waals surface area (Å²) in [5.41, 5.74) is 0.824. The second-order valence-corrected chi connectivity index (χ2v) is 2.01. The molecule has 1 heterocycles. The Kier molecular flexibility index (Phi) is 1.10. The predicted octanol–water partition coefficient (Wildman–Crippen LogP) is 1.43. The fourth-order valence-electron chi connectivity index (χ4n) is 0.867. The second kappa shape index (κ2) is 2.06. The minimum Gasteiger partial charge on any atom is -0.158 e. The number of benzene rings is 1. The van der Waals surface area contributed by atoms with E-state index in [0.717, 1.165) is 10.9 Å². The largest absolute Gasteiger partial charge is 0.158 e. The van der Waals surface area contributed by atoms with Crippen LogP contribution in [0.2, 0.25) is 0 Å². The van der Waals surface area contributed by atoms with Gasteiger partial charge in [0.1, 0.15) is 5.52 Å². The van der Waals surface area contributed by atoms with Crippen molar-refractivity contribution in [2.45, 2.75) is 0 Å². The summed E-state index contributed by atoms with van der Waals surface area (Å²) in [6.07, 6.45) is 1.68. The Morgan fingerprint density at radius 1 is 1.30 bits per heavy atom. The molecule has 10 heavy (non-hydrogen) atoms. The van der Waals surface area contributed by atoms with Crippen molar-refractivity contribution in [2.75, 3.05) is 0 Å². The molecule has 0 unspecified atom stereocenters. The third-order valence-corrected chi connectivity index (χ3v) is 1.34. The Balaban J connectivity index is 2.89. The third-order valence-electron chi connectivity index (χ3n) is 1.34. The molecule has 0 fully saturated rings. The molecule has 0 aliphatic rings. The van der Waals surface area contributed by atoms with Gasteiger partial charge in [0.25, 0.3) is 0 Å². The number of fused-ring (bicyclic) bond motifs is 1. The molecule has 0 atom stereocenters. The summed E-state index contributed by atoms with van der Waals surface area (Å²) in [6, 6.07) is 10.6. The fourth-order valence-corrected chi connectivity index (χ4v) is 0.867. The van der Waals surface area contributed by atoms with Crippen molar-refractivity contribution in [1.82, 2.24) is 10.2 Å². The summed E-state index contributed by atoms with van der Waals surface area (Å²) >= 11 is 0. The molecule has 0 aliphatic heterocycles. The molecule has 47 valence electrons. The van der Waals surface area contributed by atoms with E-state index in [9.17, 15) is 0 Å². The van der Waals surface area contributed by atoms with Crippen molar-refractivity contribution in [3.8, 4) is 0 Å². The SMILES string of the molecule is [c]1cccc2ccnnc12. The molecule has 2 nitrogen and oxygen atoms in total. The van der Waals surface area contributed by atoms with Crippen LogP contribution in [0.15, 0.2) is 30.5 Å². The zero-order valence-electron chi connectivity index (χ0n) is 5.28. The summed E-state index contributed by atoms with van der Waals surface area (Å²) < 4.78 is 0. The lowest BCUT2D eigenvalue weighted by atomic mass is 10.2. The van der Waals surface area contributed by atoms with Crippen LogP contribution in [0.3, 0.4) is 0 Å².